The van der Waals surface area contributed by atoms with E-state index in [1.54, 1.807) is 48.7 Å². The first-order chi connectivity index (χ1) is 16.9. The molecule has 5 rings (SSSR count). The Morgan fingerprint density at radius 3 is 2.43 bits per heavy atom. The fourth-order valence-electron chi connectivity index (χ4n) is 3.85. The van der Waals surface area contributed by atoms with Gasteiger partial charge in [-0.05, 0) is 43.2 Å². The van der Waals surface area contributed by atoms with Gasteiger partial charge in [0, 0.05) is 47.7 Å². The van der Waals surface area contributed by atoms with Crippen molar-refractivity contribution in [2.75, 3.05) is 28.6 Å². The molecule has 3 aromatic carbocycles. The van der Waals surface area contributed by atoms with Gasteiger partial charge in [0.1, 0.15) is 11.6 Å². The molecule has 0 saturated carbocycles. The molecule has 0 unspecified atom stereocenters. The molecule has 1 aliphatic heterocycles. The molecule has 2 amide bonds. The number of amides is 2. The number of carbonyl (C=O) groups excluding carboxylic acids is 1. The highest BCUT2D eigenvalue weighted by Crippen LogP contribution is 2.32. The fourth-order valence-corrected chi connectivity index (χ4v) is 4.04. The lowest BCUT2D eigenvalue weighted by molar-refractivity contribution is 0.262. The van der Waals surface area contributed by atoms with Gasteiger partial charge < -0.3 is 20.3 Å². The molecule has 4 aromatic rings. The SMILES string of the molecule is O=C(Nc1cccc(Cl)c1)Nc1cc(F)c(Oc2ccc3ncc(N4CCCC4)nc3c2)c(F)c1. The van der Waals surface area contributed by atoms with E-state index < -0.39 is 23.4 Å². The quantitative estimate of drug-likeness (QED) is 0.326. The van der Waals surface area contributed by atoms with Gasteiger partial charge in [0.05, 0.1) is 17.2 Å². The largest absolute Gasteiger partial charge is 0.451 e. The molecule has 35 heavy (non-hydrogen) atoms. The van der Waals surface area contributed by atoms with Crippen molar-refractivity contribution in [2.45, 2.75) is 12.8 Å². The Hall–Kier alpha value is -3.98. The van der Waals surface area contributed by atoms with Crippen LogP contribution < -0.4 is 20.3 Å². The molecule has 0 bridgehead atoms. The zero-order valence-corrected chi connectivity index (χ0v) is 19.1. The molecule has 1 saturated heterocycles. The Kier molecular flexibility index (Phi) is 6.33. The van der Waals surface area contributed by atoms with Crippen LogP contribution in [0.1, 0.15) is 12.8 Å². The number of rotatable bonds is 5. The molecule has 7 nitrogen and oxygen atoms in total. The van der Waals surface area contributed by atoms with Gasteiger partial charge >= 0.3 is 6.03 Å². The summed E-state index contributed by atoms with van der Waals surface area (Å²) in [6, 6.07) is 12.6. The monoisotopic (exact) mass is 495 g/mol. The van der Waals surface area contributed by atoms with E-state index in [1.807, 2.05) is 0 Å². The second-order valence-corrected chi connectivity index (χ2v) is 8.47. The van der Waals surface area contributed by atoms with Gasteiger partial charge in [-0.25, -0.2) is 18.6 Å². The van der Waals surface area contributed by atoms with E-state index in [1.165, 1.54) is 0 Å². The third kappa shape index (κ3) is 5.25. The molecule has 1 aliphatic rings. The van der Waals surface area contributed by atoms with Crippen LogP contribution in [0.3, 0.4) is 0 Å². The molecule has 178 valence electrons. The summed E-state index contributed by atoms with van der Waals surface area (Å²) >= 11 is 5.89. The Morgan fingerprint density at radius 1 is 0.943 bits per heavy atom. The molecular weight excluding hydrogens is 476 g/mol. The van der Waals surface area contributed by atoms with Crippen LogP contribution >= 0.6 is 11.6 Å². The van der Waals surface area contributed by atoms with Crippen LogP contribution in [0.25, 0.3) is 11.0 Å². The average Bonchev–Trinajstić information content (AvgIpc) is 3.36. The smallest absolute Gasteiger partial charge is 0.323 e. The highest BCUT2D eigenvalue weighted by Gasteiger charge is 2.17. The maximum Gasteiger partial charge on any atom is 0.323 e. The van der Waals surface area contributed by atoms with E-state index in [-0.39, 0.29) is 11.4 Å². The molecule has 0 atom stereocenters. The van der Waals surface area contributed by atoms with Crippen molar-refractivity contribution in [3.05, 3.63) is 77.5 Å². The summed E-state index contributed by atoms with van der Waals surface area (Å²) < 4.78 is 34.9. The van der Waals surface area contributed by atoms with E-state index in [0.29, 0.717) is 21.7 Å². The summed E-state index contributed by atoms with van der Waals surface area (Å²) in [4.78, 5) is 23.4. The standard InChI is InChI=1S/C25H20ClF2N5O2/c26-15-4-3-5-16(10-15)30-25(34)31-17-11-19(27)24(20(28)12-17)35-18-6-7-21-22(13-18)32-23(14-29-21)33-8-1-2-9-33/h3-7,10-14H,1-2,8-9H2,(H2,30,31,34). The Balaban J connectivity index is 1.32. The van der Waals surface area contributed by atoms with Crippen LogP contribution in [0, 0.1) is 11.6 Å². The summed E-state index contributed by atoms with van der Waals surface area (Å²) in [5.41, 5.74) is 1.56. The minimum atomic E-state index is -0.972. The summed E-state index contributed by atoms with van der Waals surface area (Å²) in [6.07, 6.45) is 3.94. The highest BCUT2D eigenvalue weighted by atomic mass is 35.5. The molecule has 0 radical (unpaired) electrons. The van der Waals surface area contributed by atoms with Gasteiger partial charge in [0.15, 0.2) is 17.4 Å². The first-order valence-corrected chi connectivity index (χ1v) is 11.3. The second kappa shape index (κ2) is 9.71. The maximum absolute atomic E-state index is 14.7. The van der Waals surface area contributed by atoms with E-state index >= 15 is 0 Å². The molecule has 1 fully saturated rings. The van der Waals surface area contributed by atoms with E-state index in [4.69, 9.17) is 16.3 Å². The van der Waals surface area contributed by atoms with E-state index in [0.717, 1.165) is 43.9 Å². The van der Waals surface area contributed by atoms with Crippen molar-refractivity contribution in [3.63, 3.8) is 0 Å². The number of nitrogens with zero attached hydrogens (tertiary/aromatic N) is 3. The first kappa shape index (κ1) is 22.8. The number of benzene rings is 3. The number of anilines is 3. The van der Waals surface area contributed by atoms with Crippen LogP contribution in [0.2, 0.25) is 5.02 Å². The third-order valence-electron chi connectivity index (χ3n) is 5.49. The zero-order valence-electron chi connectivity index (χ0n) is 18.4. The Labute approximate surface area is 204 Å². The van der Waals surface area contributed by atoms with Crippen molar-refractivity contribution < 1.29 is 18.3 Å². The lowest BCUT2D eigenvalue weighted by Gasteiger charge is -2.16. The lowest BCUT2D eigenvalue weighted by Crippen LogP contribution is -2.19. The van der Waals surface area contributed by atoms with Gasteiger partial charge in [-0.15, -0.1) is 0 Å². The topological polar surface area (TPSA) is 79.4 Å². The van der Waals surface area contributed by atoms with Gasteiger partial charge in [-0.3, -0.25) is 4.98 Å². The predicted octanol–water partition coefficient (Wildman–Crippen LogP) is 6.60. The molecule has 0 spiro atoms. The number of carbonyl (C=O) groups is 1. The van der Waals surface area contributed by atoms with Crippen molar-refractivity contribution in [1.82, 2.24) is 9.97 Å². The Bertz CT molecular complexity index is 1390. The predicted molar refractivity (Wildman–Crippen MR) is 132 cm³/mol. The number of fused-ring (bicyclic) bond motifs is 1. The van der Waals surface area contributed by atoms with Crippen LogP contribution in [-0.2, 0) is 0 Å². The molecule has 2 heterocycles. The zero-order chi connectivity index (χ0) is 24.4. The summed E-state index contributed by atoms with van der Waals surface area (Å²) in [7, 11) is 0. The van der Waals surface area contributed by atoms with Gasteiger partial charge in [-0.1, -0.05) is 17.7 Å². The van der Waals surface area contributed by atoms with Gasteiger partial charge in [0.25, 0.3) is 0 Å². The normalized spacial score (nSPS) is 13.2. The van der Waals surface area contributed by atoms with Crippen LogP contribution in [0.4, 0.5) is 30.8 Å². The van der Waals surface area contributed by atoms with Crippen LogP contribution in [0.15, 0.2) is 60.8 Å². The molecule has 2 N–H and O–H groups in total. The number of hydrogen-bond donors (Lipinski definition) is 2. The minimum absolute atomic E-state index is 0.0773. The van der Waals surface area contributed by atoms with Crippen molar-refractivity contribution >= 4 is 45.9 Å². The van der Waals surface area contributed by atoms with Crippen molar-refractivity contribution in [2.24, 2.45) is 0 Å². The summed E-state index contributed by atoms with van der Waals surface area (Å²) in [5, 5.41) is 5.37. The maximum atomic E-state index is 14.7. The fraction of sp³-hybridized carbons (Fsp3) is 0.160. The minimum Gasteiger partial charge on any atom is -0.451 e. The number of hydrogen-bond acceptors (Lipinski definition) is 5. The molecule has 10 heteroatoms. The Morgan fingerprint density at radius 2 is 1.69 bits per heavy atom. The van der Waals surface area contributed by atoms with Gasteiger partial charge in [-0.2, -0.15) is 0 Å². The molecular formula is C25H20ClF2N5O2. The van der Waals surface area contributed by atoms with Crippen LogP contribution in [0.5, 0.6) is 11.5 Å². The van der Waals surface area contributed by atoms with Crippen LogP contribution in [-0.4, -0.2) is 29.1 Å². The van der Waals surface area contributed by atoms with E-state index in [9.17, 15) is 13.6 Å². The molecule has 1 aromatic heterocycles. The average molecular weight is 496 g/mol. The summed E-state index contributed by atoms with van der Waals surface area (Å²) in [5.74, 6) is -1.56. The number of ether oxygens (including phenoxy) is 1. The first-order valence-electron chi connectivity index (χ1n) is 11.0. The van der Waals surface area contributed by atoms with E-state index in [2.05, 4.69) is 25.5 Å². The van der Waals surface area contributed by atoms with Crippen molar-refractivity contribution in [1.29, 1.82) is 0 Å². The number of halogens is 3. The summed E-state index contributed by atoms with van der Waals surface area (Å²) in [6.45, 7) is 1.84. The number of urea groups is 1. The van der Waals surface area contributed by atoms with Crippen molar-refractivity contribution in [3.8, 4) is 11.5 Å². The third-order valence-corrected chi connectivity index (χ3v) is 5.72. The second-order valence-electron chi connectivity index (χ2n) is 8.03. The number of aromatic nitrogens is 2. The molecule has 0 aliphatic carbocycles. The highest BCUT2D eigenvalue weighted by molar-refractivity contribution is 6.30. The van der Waals surface area contributed by atoms with Gasteiger partial charge in [0.2, 0.25) is 0 Å². The number of nitrogens with one attached hydrogen (secondary N) is 2. The lowest BCUT2D eigenvalue weighted by atomic mass is 10.2.